The maximum Gasteiger partial charge on any atom is 0.263 e. The van der Waals surface area contributed by atoms with Crippen molar-refractivity contribution in [2.75, 3.05) is 19.6 Å². The molecule has 1 N–H and O–H groups in total. The summed E-state index contributed by atoms with van der Waals surface area (Å²) in [7, 11) is 0. The van der Waals surface area contributed by atoms with Gasteiger partial charge in [0.05, 0.1) is 0 Å². The van der Waals surface area contributed by atoms with Crippen molar-refractivity contribution in [3.8, 4) is 5.75 Å². The molecule has 1 amide bonds. The summed E-state index contributed by atoms with van der Waals surface area (Å²) < 4.78 is 6.65. The van der Waals surface area contributed by atoms with Crippen LogP contribution >= 0.6 is 28.3 Å². The molecule has 0 radical (unpaired) electrons. The first-order valence-electron chi connectivity index (χ1n) is 6.50. The highest BCUT2D eigenvalue weighted by Crippen LogP contribution is 2.19. The smallest absolute Gasteiger partial charge is 0.263 e. The minimum atomic E-state index is -0.459. The molecule has 2 atom stereocenters. The first kappa shape index (κ1) is 17.3. The zero-order valence-electron chi connectivity index (χ0n) is 11.6. The number of rotatable bonds is 3. The standard InChI is InChI=1S/C14H19BrN2O2.ClH/c1-10-9-17(7-6-16-10)14(18)11(2)19-13-5-3-4-12(15)8-13;/h3-5,8,10-11,16H,6-7,9H2,1-2H3;1H. The Hall–Kier alpha value is -0.780. The Labute approximate surface area is 134 Å². The maximum absolute atomic E-state index is 12.3. The van der Waals surface area contributed by atoms with Crippen molar-refractivity contribution in [2.45, 2.75) is 26.0 Å². The van der Waals surface area contributed by atoms with E-state index in [1.165, 1.54) is 0 Å². The average Bonchev–Trinajstić information content (AvgIpc) is 2.38. The molecule has 6 heteroatoms. The van der Waals surface area contributed by atoms with Gasteiger partial charge in [-0.25, -0.2) is 0 Å². The lowest BCUT2D eigenvalue weighted by Gasteiger charge is -2.33. The number of hydrogen-bond donors (Lipinski definition) is 1. The lowest BCUT2D eigenvalue weighted by molar-refractivity contribution is -0.139. The van der Waals surface area contributed by atoms with Crippen LogP contribution in [-0.2, 0) is 4.79 Å². The number of carbonyl (C=O) groups is 1. The van der Waals surface area contributed by atoms with E-state index in [0.717, 1.165) is 24.1 Å². The van der Waals surface area contributed by atoms with E-state index in [4.69, 9.17) is 4.74 Å². The van der Waals surface area contributed by atoms with Crippen LogP contribution < -0.4 is 10.1 Å². The van der Waals surface area contributed by atoms with Crippen molar-refractivity contribution in [3.05, 3.63) is 28.7 Å². The number of nitrogens with zero attached hydrogens (tertiary/aromatic N) is 1. The zero-order chi connectivity index (χ0) is 13.8. The fourth-order valence-electron chi connectivity index (χ4n) is 2.18. The molecule has 1 saturated heterocycles. The number of hydrogen-bond acceptors (Lipinski definition) is 3. The topological polar surface area (TPSA) is 41.6 Å². The summed E-state index contributed by atoms with van der Waals surface area (Å²) in [5.41, 5.74) is 0. The van der Waals surface area contributed by atoms with Crippen molar-refractivity contribution in [1.29, 1.82) is 0 Å². The summed E-state index contributed by atoms with van der Waals surface area (Å²) >= 11 is 3.39. The van der Waals surface area contributed by atoms with Gasteiger partial charge >= 0.3 is 0 Å². The molecule has 4 nitrogen and oxygen atoms in total. The number of ether oxygens (including phenoxy) is 1. The van der Waals surface area contributed by atoms with Crippen molar-refractivity contribution in [1.82, 2.24) is 10.2 Å². The highest BCUT2D eigenvalue weighted by molar-refractivity contribution is 9.10. The molecule has 1 aromatic rings. The molecule has 1 heterocycles. The number of halogens is 2. The van der Waals surface area contributed by atoms with Gasteiger partial charge in [-0.15, -0.1) is 12.4 Å². The van der Waals surface area contributed by atoms with E-state index in [-0.39, 0.29) is 18.3 Å². The second-order valence-corrected chi connectivity index (χ2v) is 5.77. The minimum Gasteiger partial charge on any atom is -0.481 e. The van der Waals surface area contributed by atoms with Crippen molar-refractivity contribution >= 4 is 34.2 Å². The van der Waals surface area contributed by atoms with E-state index in [1.54, 1.807) is 6.92 Å². The van der Waals surface area contributed by atoms with Crippen LogP contribution in [-0.4, -0.2) is 42.6 Å². The fraction of sp³-hybridized carbons (Fsp3) is 0.500. The predicted octanol–water partition coefficient (Wildman–Crippen LogP) is 2.46. The largest absolute Gasteiger partial charge is 0.481 e. The fourth-order valence-corrected chi connectivity index (χ4v) is 2.56. The molecule has 1 fully saturated rings. The summed E-state index contributed by atoms with van der Waals surface area (Å²) in [6.45, 7) is 6.21. The molecule has 1 aliphatic rings. The monoisotopic (exact) mass is 362 g/mol. The van der Waals surface area contributed by atoms with Gasteiger partial charge < -0.3 is 15.0 Å². The van der Waals surface area contributed by atoms with E-state index < -0.39 is 6.10 Å². The molecular weight excluding hydrogens is 344 g/mol. The third kappa shape index (κ3) is 4.65. The van der Waals surface area contributed by atoms with Gasteiger partial charge in [-0.2, -0.15) is 0 Å². The van der Waals surface area contributed by atoms with Gasteiger partial charge in [-0.05, 0) is 32.0 Å². The molecule has 20 heavy (non-hydrogen) atoms. The average molecular weight is 364 g/mol. The van der Waals surface area contributed by atoms with Gasteiger partial charge in [0.15, 0.2) is 6.10 Å². The quantitative estimate of drug-likeness (QED) is 0.897. The molecule has 0 aromatic heterocycles. The molecule has 0 bridgehead atoms. The molecule has 1 aromatic carbocycles. The van der Waals surface area contributed by atoms with Gasteiger partial charge in [0, 0.05) is 30.1 Å². The van der Waals surface area contributed by atoms with Crippen LogP contribution in [0.25, 0.3) is 0 Å². The van der Waals surface area contributed by atoms with Crippen LogP contribution in [0.4, 0.5) is 0 Å². The number of benzene rings is 1. The van der Waals surface area contributed by atoms with Gasteiger partial charge in [0.1, 0.15) is 5.75 Å². The molecule has 112 valence electrons. The highest BCUT2D eigenvalue weighted by Gasteiger charge is 2.25. The van der Waals surface area contributed by atoms with Gasteiger partial charge in [-0.1, -0.05) is 22.0 Å². The predicted molar refractivity (Wildman–Crippen MR) is 85.5 cm³/mol. The molecule has 0 aliphatic carbocycles. The lowest BCUT2D eigenvalue weighted by Crippen LogP contribution is -2.54. The molecule has 2 rings (SSSR count). The lowest BCUT2D eigenvalue weighted by atomic mass is 10.2. The van der Waals surface area contributed by atoms with Crippen LogP contribution in [0.15, 0.2) is 28.7 Å². The number of amides is 1. The van der Waals surface area contributed by atoms with E-state index >= 15 is 0 Å². The zero-order valence-corrected chi connectivity index (χ0v) is 14.0. The van der Waals surface area contributed by atoms with Crippen LogP contribution in [0.1, 0.15) is 13.8 Å². The van der Waals surface area contributed by atoms with Gasteiger partial charge in [0.25, 0.3) is 5.91 Å². The Balaban J connectivity index is 0.00000200. The minimum absolute atomic E-state index is 0. The van der Waals surface area contributed by atoms with Crippen LogP contribution in [0.3, 0.4) is 0 Å². The summed E-state index contributed by atoms with van der Waals surface area (Å²) in [5, 5.41) is 3.32. The molecular formula is C14H20BrClN2O2. The normalized spacial score (nSPS) is 19.9. The number of piperazine rings is 1. The third-order valence-corrected chi connectivity index (χ3v) is 3.63. The Morgan fingerprint density at radius 2 is 2.30 bits per heavy atom. The van der Waals surface area contributed by atoms with Crippen molar-refractivity contribution in [3.63, 3.8) is 0 Å². The van der Waals surface area contributed by atoms with Crippen molar-refractivity contribution < 1.29 is 9.53 Å². The Kier molecular flexibility index (Phi) is 6.79. The van der Waals surface area contributed by atoms with Crippen LogP contribution in [0.5, 0.6) is 5.75 Å². The van der Waals surface area contributed by atoms with E-state index in [2.05, 4.69) is 28.2 Å². The van der Waals surface area contributed by atoms with E-state index in [1.807, 2.05) is 29.2 Å². The molecule has 1 aliphatic heterocycles. The SMILES string of the molecule is CC1CN(C(=O)C(C)Oc2cccc(Br)c2)CCN1.Cl. The number of carbonyl (C=O) groups excluding carboxylic acids is 1. The Morgan fingerprint density at radius 3 is 2.95 bits per heavy atom. The summed E-state index contributed by atoms with van der Waals surface area (Å²) in [6, 6.07) is 7.88. The second-order valence-electron chi connectivity index (χ2n) is 4.86. The molecule has 0 saturated carbocycles. The van der Waals surface area contributed by atoms with Crippen LogP contribution in [0, 0.1) is 0 Å². The third-order valence-electron chi connectivity index (χ3n) is 3.14. The van der Waals surface area contributed by atoms with Gasteiger partial charge in [0.2, 0.25) is 0 Å². The molecule has 0 spiro atoms. The first-order chi connectivity index (χ1) is 9.06. The van der Waals surface area contributed by atoms with Gasteiger partial charge in [-0.3, -0.25) is 4.79 Å². The van der Waals surface area contributed by atoms with Crippen molar-refractivity contribution in [2.24, 2.45) is 0 Å². The Bertz CT molecular complexity index is 459. The maximum atomic E-state index is 12.3. The van der Waals surface area contributed by atoms with Crippen LogP contribution in [0.2, 0.25) is 0 Å². The highest BCUT2D eigenvalue weighted by atomic mass is 79.9. The van der Waals surface area contributed by atoms with E-state index in [0.29, 0.717) is 11.8 Å². The Morgan fingerprint density at radius 1 is 1.55 bits per heavy atom. The second kappa shape index (κ2) is 7.86. The number of nitrogens with one attached hydrogen (secondary N) is 1. The summed E-state index contributed by atoms with van der Waals surface area (Å²) in [6.07, 6.45) is -0.459. The summed E-state index contributed by atoms with van der Waals surface area (Å²) in [5.74, 6) is 0.756. The van der Waals surface area contributed by atoms with E-state index in [9.17, 15) is 4.79 Å². The first-order valence-corrected chi connectivity index (χ1v) is 7.30. The molecule has 2 unspecified atom stereocenters. The summed E-state index contributed by atoms with van der Waals surface area (Å²) in [4.78, 5) is 14.2.